The van der Waals surface area contributed by atoms with Crippen molar-refractivity contribution in [2.75, 3.05) is 11.9 Å². The van der Waals surface area contributed by atoms with Gasteiger partial charge >= 0.3 is 0 Å². The summed E-state index contributed by atoms with van der Waals surface area (Å²) in [5, 5.41) is 5.50. The SMILES string of the molecule is CCOc1ccccc1NC(=O)C(C)Sc1nc2scc(-c3ccc4c(c3)CCCC4)c2c(=O)[nH]1. The van der Waals surface area contributed by atoms with Crippen molar-refractivity contribution in [3.63, 3.8) is 0 Å². The molecule has 0 radical (unpaired) electrons. The molecular formula is C27H27N3O3S2. The third-order valence-electron chi connectivity index (χ3n) is 6.18. The van der Waals surface area contributed by atoms with E-state index >= 15 is 0 Å². The molecule has 2 N–H and O–H groups in total. The smallest absolute Gasteiger partial charge is 0.260 e. The van der Waals surface area contributed by atoms with Crippen LogP contribution in [0.25, 0.3) is 21.3 Å². The summed E-state index contributed by atoms with van der Waals surface area (Å²) in [6, 6.07) is 13.9. The number of aromatic nitrogens is 2. The number of amides is 1. The number of aromatic amines is 1. The van der Waals surface area contributed by atoms with Gasteiger partial charge in [0.05, 0.1) is 22.9 Å². The van der Waals surface area contributed by atoms with Gasteiger partial charge in [-0.2, -0.15) is 0 Å². The predicted molar refractivity (Wildman–Crippen MR) is 144 cm³/mol. The Bertz CT molecular complexity index is 1440. The van der Waals surface area contributed by atoms with Crippen LogP contribution >= 0.6 is 23.1 Å². The molecule has 4 aromatic rings. The molecular weight excluding hydrogens is 478 g/mol. The minimum absolute atomic E-state index is 0.180. The van der Waals surface area contributed by atoms with Crippen LogP contribution in [-0.4, -0.2) is 27.7 Å². The molecule has 2 heterocycles. The van der Waals surface area contributed by atoms with Gasteiger partial charge in [-0.05, 0) is 68.4 Å². The Morgan fingerprint density at radius 3 is 2.83 bits per heavy atom. The number of rotatable bonds is 7. The average molecular weight is 506 g/mol. The number of carbonyl (C=O) groups is 1. The maximum Gasteiger partial charge on any atom is 0.260 e. The number of para-hydroxylation sites is 2. The fraction of sp³-hybridized carbons (Fsp3) is 0.296. The zero-order valence-electron chi connectivity index (χ0n) is 19.7. The number of hydrogen-bond donors (Lipinski definition) is 2. The maximum atomic E-state index is 13.1. The van der Waals surface area contributed by atoms with Crippen LogP contribution in [0.2, 0.25) is 0 Å². The number of carbonyl (C=O) groups excluding carboxylic acids is 1. The minimum Gasteiger partial charge on any atom is -0.492 e. The van der Waals surface area contributed by atoms with Gasteiger partial charge in [-0.1, -0.05) is 42.1 Å². The number of thioether (sulfide) groups is 1. The highest BCUT2D eigenvalue weighted by Crippen LogP contribution is 2.34. The molecule has 0 fully saturated rings. The highest BCUT2D eigenvalue weighted by atomic mass is 32.2. The van der Waals surface area contributed by atoms with Crippen molar-refractivity contribution in [3.05, 3.63) is 69.3 Å². The number of ether oxygens (including phenoxy) is 1. The summed E-state index contributed by atoms with van der Waals surface area (Å²) in [5.74, 6) is 0.438. The van der Waals surface area contributed by atoms with E-state index in [0.717, 1.165) is 24.0 Å². The highest BCUT2D eigenvalue weighted by Gasteiger charge is 2.20. The van der Waals surface area contributed by atoms with E-state index in [1.54, 1.807) is 13.0 Å². The number of nitrogens with zero attached hydrogens (tertiary/aromatic N) is 1. The first kappa shape index (κ1) is 23.6. The third kappa shape index (κ3) is 4.99. The van der Waals surface area contributed by atoms with Crippen LogP contribution in [0, 0.1) is 0 Å². The minimum atomic E-state index is -0.467. The largest absolute Gasteiger partial charge is 0.492 e. The first-order chi connectivity index (χ1) is 17.0. The molecule has 0 aliphatic heterocycles. The second-order valence-electron chi connectivity index (χ2n) is 8.57. The average Bonchev–Trinajstić information content (AvgIpc) is 3.29. The molecule has 1 atom stereocenters. The lowest BCUT2D eigenvalue weighted by atomic mass is 9.89. The molecule has 8 heteroatoms. The van der Waals surface area contributed by atoms with Gasteiger partial charge in [0.1, 0.15) is 10.6 Å². The Hall–Kier alpha value is -3.10. The van der Waals surface area contributed by atoms with Gasteiger partial charge < -0.3 is 15.0 Å². The van der Waals surface area contributed by atoms with E-state index in [-0.39, 0.29) is 11.5 Å². The number of anilines is 1. The van der Waals surface area contributed by atoms with Crippen LogP contribution < -0.4 is 15.6 Å². The molecule has 0 saturated carbocycles. The molecule has 0 spiro atoms. The normalized spacial score (nSPS) is 13.9. The molecule has 6 nitrogen and oxygen atoms in total. The van der Waals surface area contributed by atoms with Gasteiger partial charge in [0, 0.05) is 10.9 Å². The molecule has 0 bridgehead atoms. The quantitative estimate of drug-likeness (QED) is 0.236. The zero-order chi connectivity index (χ0) is 24.4. The molecule has 1 aliphatic rings. The molecule has 1 unspecified atom stereocenters. The van der Waals surface area contributed by atoms with Gasteiger partial charge in [0.2, 0.25) is 5.91 Å². The van der Waals surface area contributed by atoms with Crippen LogP contribution in [0.3, 0.4) is 0 Å². The van der Waals surface area contributed by atoms with Gasteiger partial charge in [-0.25, -0.2) is 4.98 Å². The Morgan fingerprint density at radius 1 is 1.20 bits per heavy atom. The first-order valence-corrected chi connectivity index (χ1v) is 13.6. The van der Waals surface area contributed by atoms with Gasteiger partial charge in [0.25, 0.3) is 5.56 Å². The Labute approximate surface area is 212 Å². The number of benzene rings is 2. The van der Waals surface area contributed by atoms with Crippen molar-refractivity contribution in [2.24, 2.45) is 0 Å². The van der Waals surface area contributed by atoms with E-state index < -0.39 is 5.25 Å². The summed E-state index contributed by atoms with van der Waals surface area (Å²) in [6.45, 7) is 4.20. The Morgan fingerprint density at radius 2 is 2.00 bits per heavy atom. The van der Waals surface area contributed by atoms with Gasteiger partial charge in [-0.3, -0.25) is 9.59 Å². The standard InChI is InChI=1S/C27H27N3O3S2/c1-3-33-22-11-7-6-10-21(22)28-24(31)16(2)35-27-29-25(32)23-20(15-34-26(23)30-27)19-13-12-17-8-4-5-9-18(17)14-19/h6-7,10-16H,3-5,8-9H2,1-2H3,(H,28,31)(H,29,30,32). The fourth-order valence-corrected chi connectivity index (χ4v) is 6.21. The van der Waals surface area contributed by atoms with Crippen molar-refractivity contribution in [1.29, 1.82) is 0 Å². The molecule has 0 saturated heterocycles. The molecule has 180 valence electrons. The lowest BCUT2D eigenvalue weighted by Crippen LogP contribution is -2.23. The number of hydrogen-bond acceptors (Lipinski definition) is 6. The van der Waals surface area contributed by atoms with Crippen molar-refractivity contribution in [3.8, 4) is 16.9 Å². The van der Waals surface area contributed by atoms with Gasteiger partial charge in [0.15, 0.2) is 5.16 Å². The van der Waals surface area contributed by atoms with Gasteiger partial charge in [-0.15, -0.1) is 11.3 Å². The molecule has 35 heavy (non-hydrogen) atoms. The van der Waals surface area contributed by atoms with Crippen LogP contribution in [-0.2, 0) is 17.6 Å². The second-order valence-corrected chi connectivity index (χ2v) is 10.8. The zero-order valence-corrected chi connectivity index (χ0v) is 21.4. The topological polar surface area (TPSA) is 84.1 Å². The predicted octanol–water partition coefficient (Wildman–Crippen LogP) is 6.05. The van der Waals surface area contributed by atoms with E-state index in [1.165, 1.54) is 47.1 Å². The van der Waals surface area contributed by atoms with Crippen molar-refractivity contribution in [2.45, 2.75) is 49.9 Å². The number of nitrogens with one attached hydrogen (secondary N) is 2. The number of fused-ring (bicyclic) bond motifs is 2. The Kier molecular flexibility index (Phi) is 6.92. The molecule has 5 rings (SSSR count). The second kappa shape index (κ2) is 10.3. The van der Waals surface area contributed by atoms with Crippen molar-refractivity contribution < 1.29 is 9.53 Å². The van der Waals surface area contributed by atoms with E-state index in [2.05, 4.69) is 33.5 Å². The summed E-state index contributed by atoms with van der Waals surface area (Å²) in [5.41, 5.74) is 5.22. The van der Waals surface area contributed by atoms with Crippen LogP contribution in [0.4, 0.5) is 5.69 Å². The number of aryl methyl sites for hydroxylation is 2. The fourth-order valence-electron chi connectivity index (χ4n) is 4.41. The van der Waals surface area contributed by atoms with E-state index in [9.17, 15) is 9.59 Å². The van der Waals surface area contributed by atoms with Crippen LogP contribution in [0.15, 0.2) is 57.8 Å². The molecule has 2 aromatic heterocycles. The molecule has 2 aromatic carbocycles. The van der Waals surface area contributed by atoms with E-state index in [0.29, 0.717) is 33.4 Å². The van der Waals surface area contributed by atoms with Crippen LogP contribution in [0.5, 0.6) is 5.75 Å². The number of H-pyrrole nitrogens is 1. The Balaban J connectivity index is 1.36. The summed E-state index contributed by atoms with van der Waals surface area (Å²) in [7, 11) is 0. The number of thiophene rings is 1. The molecule has 1 amide bonds. The molecule has 1 aliphatic carbocycles. The van der Waals surface area contributed by atoms with Crippen LogP contribution in [0.1, 0.15) is 37.8 Å². The van der Waals surface area contributed by atoms with Crippen molar-refractivity contribution >= 4 is 44.9 Å². The summed E-state index contributed by atoms with van der Waals surface area (Å²) >= 11 is 2.69. The lowest BCUT2D eigenvalue weighted by molar-refractivity contribution is -0.115. The monoisotopic (exact) mass is 505 g/mol. The lowest BCUT2D eigenvalue weighted by Gasteiger charge is -2.16. The van der Waals surface area contributed by atoms with E-state index in [4.69, 9.17) is 4.74 Å². The third-order valence-corrected chi connectivity index (χ3v) is 8.04. The highest BCUT2D eigenvalue weighted by molar-refractivity contribution is 8.00. The maximum absolute atomic E-state index is 13.1. The summed E-state index contributed by atoms with van der Waals surface area (Å²) < 4.78 is 5.59. The first-order valence-electron chi connectivity index (χ1n) is 11.9. The summed E-state index contributed by atoms with van der Waals surface area (Å²) in [4.78, 5) is 34.1. The van der Waals surface area contributed by atoms with Crippen molar-refractivity contribution in [1.82, 2.24) is 9.97 Å². The van der Waals surface area contributed by atoms with E-state index in [1.807, 2.05) is 30.5 Å². The summed E-state index contributed by atoms with van der Waals surface area (Å²) in [6.07, 6.45) is 4.68.